The Kier molecular flexibility index (Phi) is 7.09. The molecule has 32 heavy (non-hydrogen) atoms. The summed E-state index contributed by atoms with van der Waals surface area (Å²) >= 11 is 5.86. The molecule has 0 bridgehead atoms. The molecule has 0 unspecified atom stereocenters. The van der Waals surface area contributed by atoms with Gasteiger partial charge >= 0.3 is 5.97 Å². The summed E-state index contributed by atoms with van der Waals surface area (Å²) in [5.41, 5.74) is 4.22. The third kappa shape index (κ3) is 5.42. The molecule has 6 heteroatoms. The number of amides is 1. The van der Waals surface area contributed by atoms with Crippen molar-refractivity contribution in [2.24, 2.45) is 0 Å². The number of halogens is 1. The van der Waals surface area contributed by atoms with Gasteiger partial charge in [0.15, 0.2) is 0 Å². The number of carbonyl (C=O) groups is 2. The van der Waals surface area contributed by atoms with E-state index in [-0.39, 0.29) is 11.3 Å². The van der Waals surface area contributed by atoms with Gasteiger partial charge in [-0.2, -0.15) is 5.26 Å². The maximum atomic E-state index is 12.8. The number of aryl methyl sites for hydroxylation is 3. The van der Waals surface area contributed by atoms with Crippen molar-refractivity contribution in [2.45, 2.75) is 20.8 Å². The number of benzene rings is 3. The van der Waals surface area contributed by atoms with Crippen LogP contribution in [-0.2, 0) is 4.79 Å². The molecule has 3 aromatic carbocycles. The highest BCUT2D eigenvalue weighted by Gasteiger charge is 2.15. The number of nitrogens with one attached hydrogen (secondary N) is 1. The monoisotopic (exact) mass is 444 g/mol. The zero-order valence-electron chi connectivity index (χ0n) is 17.9. The molecule has 5 nitrogen and oxygen atoms in total. The highest BCUT2D eigenvalue weighted by atomic mass is 35.5. The van der Waals surface area contributed by atoms with E-state index >= 15 is 0 Å². The second-order valence-corrected chi connectivity index (χ2v) is 7.77. The van der Waals surface area contributed by atoms with Gasteiger partial charge in [-0.3, -0.25) is 4.79 Å². The minimum atomic E-state index is -0.573. The third-order valence-corrected chi connectivity index (χ3v) is 5.03. The summed E-state index contributed by atoms with van der Waals surface area (Å²) in [5, 5.41) is 12.9. The van der Waals surface area contributed by atoms with Crippen molar-refractivity contribution in [1.29, 1.82) is 5.26 Å². The first-order chi connectivity index (χ1) is 15.3. The summed E-state index contributed by atoms with van der Waals surface area (Å²) in [4.78, 5) is 25.3. The number of para-hydroxylation sites is 1. The molecular formula is C26H21ClN2O3. The molecule has 160 valence electrons. The summed E-state index contributed by atoms with van der Waals surface area (Å²) in [6.07, 6.45) is 1.40. The number of anilines is 1. The lowest BCUT2D eigenvalue weighted by atomic mass is 10.0. The van der Waals surface area contributed by atoms with Crippen LogP contribution in [-0.4, -0.2) is 11.9 Å². The van der Waals surface area contributed by atoms with Gasteiger partial charge in [-0.15, -0.1) is 0 Å². The minimum Gasteiger partial charge on any atom is -0.422 e. The summed E-state index contributed by atoms with van der Waals surface area (Å²) < 4.78 is 5.50. The number of ether oxygens (including phenoxy) is 1. The zero-order valence-corrected chi connectivity index (χ0v) is 18.7. The first-order valence-corrected chi connectivity index (χ1v) is 10.2. The second kappa shape index (κ2) is 9.95. The molecule has 0 saturated heterocycles. The summed E-state index contributed by atoms with van der Waals surface area (Å²) in [5.74, 6) is -0.881. The SMILES string of the molecule is Cc1cc(C)c(NC(=O)/C(C#N)=C/c2ccccc2OC(=O)c2ccc(Cl)cc2)c(C)c1. The standard InChI is InChI=1S/C26H21ClN2O3/c1-16-12-17(2)24(18(3)13-16)29-25(30)21(15-28)14-20-6-4-5-7-23(20)32-26(31)19-8-10-22(27)11-9-19/h4-14H,1-3H3,(H,29,30)/b21-14+. The molecule has 0 fully saturated rings. The van der Waals surface area contributed by atoms with E-state index < -0.39 is 11.9 Å². The molecule has 0 saturated carbocycles. The van der Waals surface area contributed by atoms with Crippen molar-refractivity contribution in [3.63, 3.8) is 0 Å². The van der Waals surface area contributed by atoms with Crippen molar-refractivity contribution in [3.05, 3.63) is 99.1 Å². The van der Waals surface area contributed by atoms with Crippen LogP contribution in [0.2, 0.25) is 5.02 Å². The lowest BCUT2D eigenvalue weighted by molar-refractivity contribution is -0.112. The highest BCUT2D eigenvalue weighted by molar-refractivity contribution is 6.30. The van der Waals surface area contributed by atoms with Crippen molar-refractivity contribution in [2.75, 3.05) is 5.32 Å². The van der Waals surface area contributed by atoms with Crippen molar-refractivity contribution in [1.82, 2.24) is 0 Å². The molecule has 0 aromatic heterocycles. The van der Waals surface area contributed by atoms with E-state index in [0.29, 0.717) is 21.8 Å². The molecule has 0 aliphatic carbocycles. The molecular weight excluding hydrogens is 424 g/mol. The molecule has 3 aromatic rings. The fourth-order valence-corrected chi connectivity index (χ4v) is 3.43. The maximum absolute atomic E-state index is 12.8. The number of hydrogen-bond donors (Lipinski definition) is 1. The lowest BCUT2D eigenvalue weighted by Crippen LogP contribution is -2.15. The first-order valence-electron chi connectivity index (χ1n) is 9.86. The van der Waals surface area contributed by atoms with Crippen LogP contribution < -0.4 is 10.1 Å². The van der Waals surface area contributed by atoms with Gasteiger partial charge in [0.05, 0.1) is 5.56 Å². The Morgan fingerprint density at radius 3 is 2.25 bits per heavy atom. The van der Waals surface area contributed by atoms with Gasteiger partial charge in [-0.05, 0) is 68.3 Å². The van der Waals surface area contributed by atoms with E-state index in [1.165, 1.54) is 6.08 Å². The van der Waals surface area contributed by atoms with E-state index in [1.807, 2.05) is 39.0 Å². The average molecular weight is 445 g/mol. The van der Waals surface area contributed by atoms with Gasteiger partial charge in [-0.25, -0.2) is 4.79 Å². The molecule has 0 aliphatic rings. The van der Waals surface area contributed by atoms with Gasteiger partial charge in [0.25, 0.3) is 5.91 Å². The van der Waals surface area contributed by atoms with Crippen molar-refractivity contribution in [3.8, 4) is 11.8 Å². The second-order valence-electron chi connectivity index (χ2n) is 7.33. The summed E-state index contributed by atoms with van der Waals surface area (Å²) in [6, 6.07) is 18.9. The molecule has 3 rings (SSSR count). The lowest BCUT2D eigenvalue weighted by Gasteiger charge is -2.13. The number of nitriles is 1. The summed E-state index contributed by atoms with van der Waals surface area (Å²) in [6.45, 7) is 5.78. The number of hydrogen-bond acceptors (Lipinski definition) is 4. The van der Waals surface area contributed by atoms with Gasteiger partial charge in [0, 0.05) is 16.3 Å². The Labute approximate surface area is 191 Å². The van der Waals surface area contributed by atoms with Gasteiger partial charge in [0.1, 0.15) is 17.4 Å². The predicted octanol–water partition coefficient (Wildman–Crippen LogP) is 6.03. The van der Waals surface area contributed by atoms with E-state index in [0.717, 1.165) is 16.7 Å². The van der Waals surface area contributed by atoms with Crippen LogP contribution in [0.3, 0.4) is 0 Å². The van der Waals surface area contributed by atoms with Crippen LogP contribution in [0.15, 0.2) is 66.2 Å². The van der Waals surface area contributed by atoms with Gasteiger partial charge in [0.2, 0.25) is 0 Å². The Bertz CT molecular complexity index is 1230. The van der Waals surface area contributed by atoms with Crippen LogP contribution in [0.4, 0.5) is 5.69 Å². The average Bonchev–Trinajstić information content (AvgIpc) is 2.75. The molecule has 0 heterocycles. The minimum absolute atomic E-state index is 0.112. The number of rotatable bonds is 5. The topological polar surface area (TPSA) is 79.2 Å². The quantitative estimate of drug-likeness (QED) is 0.225. The van der Waals surface area contributed by atoms with Gasteiger partial charge < -0.3 is 10.1 Å². The molecule has 0 aliphatic heterocycles. The molecule has 1 N–H and O–H groups in total. The summed E-state index contributed by atoms with van der Waals surface area (Å²) in [7, 11) is 0. The fraction of sp³-hybridized carbons (Fsp3) is 0.115. The fourth-order valence-electron chi connectivity index (χ4n) is 3.30. The Morgan fingerprint density at radius 2 is 1.62 bits per heavy atom. The normalized spacial score (nSPS) is 10.9. The Morgan fingerprint density at radius 1 is 1.00 bits per heavy atom. The van der Waals surface area contributed by atoms with Crippen molar-refractivity contribution >= 4 is 35.2 Å². The molecule has 0 spiro atoms. The zero-order chi connectivity index (χ0) is 23.3. The number of nitrogens with zero attached hydrogens (tertiary/aromatic N) is 1. The maximum Gasteiger partial charge on any atom is 0.343 e. The van der Waals surface area contributed by atoms with Crippen LogP contribution >= 0.6 is 11.6 Å². The Hall–Kier alpha value is -3.88. The third-order valence-electron chi connectivity index (χ3n) is 4.78. The van der Waals surface area contributed by atoms with E-state index in [1.54, 1.807) is 48.5 Å². The molecule has 1 amide bonds. The van der Waals surface area contributed by atoms with Crippen LogP contribution in [0.5, 0.6) is 5.75 Å². The highest BCUT2D eigenvalue weighted by Crippen LogP contribution is 2.25. The molecule has 0 atom stereocenters. The van der Waals surface area contributed by atoms with Gasteiger partial charge in [-0.1, -0.05) is 47.5 Å². The van der Waals surface area contributed by atoms with Crippen LogP contribution in [0.25, 0.3) is 6.08 Å². The van der Waals surface area contributed by atoms with Crippen LogP contribution in [0.1, 0.15) is 32.6 Å². The smallest absolute Gasteiger partial charge is 0.343 e. The van der Waals surface area contributed by atoms with E-state index in [4.69, 9.17) is 16.3 Å². The van der Waals surface area contributed by atoms with E-state index in [2.05, 4.69) is 5.32 Å². The number of carbonyl (C=O) groups excluding carboxylic acids is 2. The van der Waals surface area contributed by atoms with Crippen LogP contribution in [0, 0.1) is 32.1 Å². The first kappa shape index (κ1) is 22.8. The predicted molar refractivity (Wildman–Crippen MR) is 126 cm³/mol. The van der Waals surface area contributed by atoms with Crippen molar-refractivity contribution < 1.29 is 14.3 Å². The largest absolute Gasteiger partial charge is 0.422 e. The Balaban J connectivity index is 1.86. The van der Waals surface area contributed by atoms with E-state index in [9.17, 15) is 14.9 Å². The molecule has 0 radical (unpaired) electrons. The number of esters is 1.